The van der Waals surface area contributed by atoms with Crippen LogP contribution in [-0.2, 0) is 11.2 Å². The summed E-state index contributed by atoms with van der Waals surface area (Å²) in [7, 11) is 0. The molecule has 0 unspecified atom stereocenters. The maximum absolute atomic E-state index is 12.7. The quantitative estimate of drug-likeness (QED) is 0.762. The second kappa shape index (κ2) is 5.20. The van der Waals surface area contributed by atoms with Crippen LogP contribution in [0.25, 0.3) is 11.6 Å². The van der Waals surface area contributed by atoms with E-state index in [0.29, 0.717) is 0 Å². The van der Waals surface area contributed by atoms with Gasteiger partial charge in [0, 0.05) is 11.1 Å². The average molecular weight is 298 g/mol. The fourth-order valence-electron chi connectivity index (χ4n) is 3.53. The van der Waals surface area contributed by atoms with Crippen molar-refractivity contribution in [2.75, 3.05) is 0 Å². The van der Waals surface area contributed by atoms with Crippen LogP contribution in [0.3, 0.4) is 0 Å². The zero-order chi connectivity index (χ0) is 16.0. The van der Waals surface area contributed by atoms with E-state index < -0.39 is 0 Å². The van der Waals surface area contributed by atoms with Crippen molar-refractivity contribution < 1.29 is 4.79 Å². The topological polar surface area (TPSA) is 17.1 Å². The molecule has 0 amide bonds. The molecule has 2 aromatic rings. The molecule has 0 aromatic heterocycles. The normalized spacial score (nSPS) is 16.4. The minimum Gasteiger partial charge on any atom is -0.289 e. The number of hydrogen-bond acceptors (Lipinski definition) is 1. The summed E-state index contributed by atoms with van der Waals surface area (Å²) in [4.78, 5) is 12.7. The van der Waals surface area contributed by atoms with Crippen molar-refractivity contribution in [2.24, 2.45) is 0 Å². The Morgan fingerprint density at radius 3 is 2.30 bits per heavy atom. The van der Waals surface area contributed by atoms with Gasteiger partial charge in [0.15, 0.2) is 5.78 Å². The Morgan fingerprint density at radius 1 is 0.826 bits per heavy atom. The molecule has 2 aliphatic carbocycles. The predicted octanol–water partition coefficient (Wildman–Crippen LogP) is 5.00. The SMILES string of the molecule is CC1=C(C)C(Cc2ccccc2)=C2C(=Cc3ccccc32)C1=O. The van der Waals surface area contributed by atoms with Gasteiger partial charge in [-0.3, -0.25) is 4.79 Å². The van der Waals surface area contributed by atoms with Crippen molar-refractivity contribution >= 4 is 17.4 Å². The summed E-state index contributed by atoms with van der Waals surface area (Å²) >= 11 is 0. The molecular weight excluding hydrogens is 280 g/mol. The highest BCUT2D eigenvalue weighted by Gasteiger charge is 2.32. The van der Waals surface area contributed by atoms with Gasteiger partial charge in [0.25, 0.3) is 0 Å². The maximum atomic E-state index is 12.7. The Bertz CT molecular complexity index is 908. The lowest BCUT2D eigenvalue weighted by Crippen LogP contribution is -2.15. The molecule has 0 N–H and O–H groups in total. The smallest absolute Gasteiger partial charge is 0.189 e. The molecule has 2 aromatic carbocycles. The number of fused-ring (bicyclic) bond motifs is 3. The number of Topliss-reactive ketones (excluding diaryl/α,β-unsaturated/α-hetero) is 1. The first-order valence-corrected chi connectivity index (χ1v) is 7.98. The van der Waals surface area contributed by atoms with Crippen LogP contribution in [0.4, 0.5) is 0 Å². The van der Waals surface area contributed by atoms with Crippen LogP contribution in [0.1, 0.15) is 30.5 Å². The van der Waals surface area contributed by atoms with Crippen molar-refractivity contribution in [3.8, 4) is 0 Å². The average Bonchev–Trinajstić information content (AvgIpc) is 2.97. The van der Waals surface area contributed by atoms with Gasteiger partial charge in [-0.1, -0.05) is 54.6 Å². The summed E-state index contributed by atoms with van der Waals surface area (Å²) < 4.78 is 0. The summed E-state index contributed by atoms with van der Waals surface area (Å²) in [6, 6.07) is 18.8. The van der Waals surface area contributed by atoms with E-state index in [2.05, 4.69) is 43.3 Å². The Morgan fingerprint density at radius 2 is 1.52 bits per heavy atom. The molecule has 0 heterocycles. The number of carbonyl (C=O) groups excluding carboxylic acids is 1. The van der Waals surface area contributed by atoms with Gasteiger partial charge in [0.1, 0.15) is 0 Å². The van der Waals surface area contributed by atoms with Crippen molar-refractivity contribution in [3.05, 3.63) is 93.6 Å². The van der Waals surface area contributed by atoms with E-state index >= 15 is 0 Å². The standard InChI is InChI=1S/C22H18O/c1-14-15(2)22(23)20-13-17-10-6-7-11-18(17)21(20)19(14)12-16-8-4-3-5-9-16/h3-11,13H,12H2,1-2H3. The van der Waals surface area contributed by atoms with E-state index in [1.807, 2.05) is 31.2 Å². The van der Waals surface area contributed by atoms with Gasteiger partial charge >= 0.3 is 0 Å². The van der Waals surface area contributed by atoms with Gasteiger partial charge < -0.3 is 0 Å². The highest BCUT2D eigenvalue weighted by atomic mass is 16.1. The second-order valence-corrected chi connectivity index (χ2v) is 6.24. The van der Waals surface area contributed by atoms with E-state index in [9.17, 15) is 4.79 Å². The molecule has 2 aliphatic rings. The number of rotatable bonds is 2. The molecule has 112 valence electrons. The zero-order valence-electron chi connectivity index (χ0n) is 13.4. The van der Waals surface area contributed by atoms with E-state index in [1.165, 1.54) is 16.7 Å². The molecule has 0 fully saturated rings. The highest BCUT2D eigenvalue weighted by molar-refractivity contribution is 6.26. The van der Waals surface area contributed by atoms with E-state index in [1.54, 1.807) is 0 Å². The molecule has 1 nitrogen and oxygen atoms in total. The first-order chi connectivity index (χ1) is 11.2. The van der Waals surface area contributed by atoms with Gasteiger partial charge in [0.2, 0.25) is 0 Å². The molecule has 0 saturated carbocycles. The van der Waals surface area contributed by atoms with E-state index in [-0.39, 0.29) is 5.78 Å². The summed E-state index contributed by atoms with van der Waals surface area (Å²) in [6.45, 7) is 4.03. The molecule has 23 heavy (non-hydrogen) atoms. The van der Waals surface area contributed by atoms with Crippen molar-refractivity contribution in [3.63, 3.8) is 0 Å². The van der Waals surface area contributed by atoms with Gasteiger partial charge in [-0.2, -0.15) is 0 Å². The monoisotopic (exact) mass is 298 g/mol. The number of ketones is 1. The third kappa shape index (κ3) is 2.12. The van der Waals surface area contributed by atoms with Crippen molar-refractivity contribution in [2.45, 2.75) is 20.3 Å². The van der Waals surface area contributed by atoms with Crippen molar-refractivity contribution in [1.29, 1.82) is 0 Å². The molecule has 0 saturated heterocycles. The lowest BCUT2D eigenvalue weighted by molar-refractivity contribution is -0.111. The van der Waals surface area contributed by atoms with Gasteiger partial charge in [-0.25, -0.2) is 0 Å². The summed E-state index contributed by atoms with van der Waals surface area (Å²) in [6.07, 6.45) is 2.91. The van der Waals surface area contributed by atoms with Crippen LogP contribution >= 0.6 is 0 Å². The molecule has 4 rings (SSSR count). The first kappa shape index (κ1) is 14.0. The summed E-state index contributed by atoms with van der Waals surface area (Å²) in [5.41, 5.74) is 8.90. The minimum atomic E-state index is 0.172. The maximum Gasteiger partial charge on any atom is 0.189 e. The summed E-state index contributed by atoms with van der Waals surface area (Å²) in [5.74, 6) is 0.172. The largest absolute Gasteiger partial charge is 0.289 e. The molecule has 0 atom stereocenters. The number of hydrogen-bond donors (Lipinski definition) is 0. The van der Waals surface area contributed by atoms with E-state index in [4.69, 9.17) is 0 Å². The summed E-state index contributed by atoms with van der Waals surface area (Å²) in [5, 5.41) is 0. The fraction of sp³-hybridized carbons (Fsp3) is 0.136. The third-order valence-electron chi connectivity index (χ3n) is 4.93. The fourth-order valence-corrected chi connectivity index (χ4v) is 3.53. The van der Waals surface area contributed by atoms with E-state index in [0.717, 1.165) is 34.3 Å². The molecule has 0 bridgehead atoms. The lowest BCUT2D eigenvalue weighted by atomic mass is 9.80. The van der Waals surface area contributed by atoms with Gasteiger partial charge in [-0.05, 0) is 59.8 Å². The first-order valence-electron chi connectivity index (χ1n) is 7.98. The van der Waals surface area contributed by atoms with Crippen LogP contribution in [-0.4, -0.2) is 5.78 Å². The van der Waals surface area contributed by atoms with Gasteiger partial charge in [-0.15, -0.1) is 0 Å². The Kier molecular flexibility index (Phi) is 3.16. The van der Waals surface area contributed by atoms with Crippen LogP contribution < -0.4 is 0 Å². The van der Waals surface area contributed by atoms with Crippen LogP contribution in [0.15, 0.2) is 76.9 Å². The predicted molar refractivity (Wildman–Crippen MR) is 94.9 cm³/mol. The molecule has 0 aliphatic heterocycles. The molecule has 0 radical (unpaired) electrons. The Labute approximate surface area is 136 Å². The van der Waals surface area contributed by atoms with Crippen LogP contribution in [0, 0.1) is 0 Å². The zero-order valence-corrected chi connectivity index (χ0v) is 13.4. The van der Waals surface area contributed by atoms with Crippen LogP contribution in [0.2, 0.25) is 0 Å². The highest BCUT2D eigenvalue weighted by Crippen LogP contribution is 2.45. The Balaban J connectivity index is 1.94. The Hall–Kier alpha value is -2.67. The number of benzene rings is 2. The number of allylic oxidation sites excluding steroid dienone is 5. The van der Waals surface area contributed by atoms with Crippen LogP contribution in [0.5, 0.6) is 0 Å². The molecular formula is C22H18O. The van der Waals surface area contributed by atoms with Gasteiger partial charge in [0.05, 0.1) is 0 Å². The molecule has 0 spiro atoms. The molecule has 1 heteroatoms. The lowest BCUT2D eigenvalue weighted by Gasteiger charge is -2.23. The minimum absolute atomic E-state index is 0.172. The van der Waals surface area contributed by atoms with Crippen molar-refractivity contribution in [1.82, 2.24) is 0 Å². The third-order valence-corrected chi connectivity index (χ3v) is 4.93. The second-order valence-electron chi connectivity index (χ2n) is 6.24. The number of carbonyl (C=O) groups is 1.